The van der Waals surface area contributed by atoms with Gasteiger partial charge < -0.3 is 0 Å². The van der Waals surface area contributed by atoms with Crippen molar-refractivity contribution in [2.24, 2.45) is 3.21 Å². The first-order valence-electron chi connectivity index (χ1n) is 0.645. The maximum absolute atomic E-state index is 3.57. The van der Waals surface area contributed by atoms with E-state index in [0.717, 1.165) is 0 Å². The molecule has 0 aliphatic carbocycles. The molecule has 0 bridgehead atoms. The molecule has 0 spiro atoms. The van der Waals surface area contributed by atoms with Crippen LogP contribution in [0, 0.1) is 0 Å². The van der Waals surface area contributed by atoms with E-state index in [-0.39, 0.29) is 0 Å². The topological polar surface area (TPSA) is 12.4 Å². The van der Waals surface area contributed by atoms with Crippen LogP contribution in [0.5, 0.6) is 0 Å². The van der Waals surface area contributed by atoms with Crippen molar-refractivity contribution in [3.8, 4) is 0 Å². The van der Waals surface area contributed by atoms with Gasteiger partial charge in [-0.1, -0.05) is 0 Å². The molecular formula is CHI2N. The van der Waals surface area contributed by atoms with Crippen LogP contribution >= 0.6 is 45.5 Å². The van der Waals surface area contributed by atoms with E-state index >= 15 is 0 Å². The molecule has 0 rings (SSSR count). The van der Waals surface area contributed by atoms with Crippen molar-refractivity contribution in [3.05, 3.63) is 0 Å². The van der Waals surface area contributed by atoms with E-state index in [1.54, 1.807) is 4.22 Å². The Morgan fingerprint density at radius 2 is 2.00 bits per heavy atom. The Labute approximate surface area is 52.5 Å². The van der Waals surface area contributed by atoms with Crippen molar-refractivity contribution in [2.75, 3.05) is 0 Å². The van der Waals surface area contributed by atoms with Crippen molar-refractivity contribution in [2.45, 2.75) is 0 Å². The van der Waals surface area contributed by atoms with Crippen molar-refractivity contribution >= 4 is 49.7 Å². The summed E-state index contributed by atoms with van der Waals surface area (Å²) in [5.41, 5.74) is 0. The van der Waals surface area contributed by atoms with Gasteiger partial charge in [0, 0.05) is 0 Å². The van der Waals surface area contributed by atoms with E-state index in [0.29, 0.717) is 0 Å². The summed E-state index contributed by atoms with van der Waals surface area (Å²) < 4.78 is 5.27. The second-order valence-corrected chi connectivity index (χ2v) is 1.31. The zero-order valence-corrected chi connectivity index (χ0v) is 6.10. The van der Waals surface area contributed by atoms with Gasteiger partial charge in [0.05, 0.1) is 27.1 Å². The molecule has 0 saturated carbocycles. The Morgan fingerprint density at radius 3 is 2.00 bits per heavy atom. The second-order valence-electron chi connectivity index (χ2n) is 0.195. The van der Waals surface area contributed by atoms with Gasteiger partial charge in [-0.05, 0) is 22.6 Å². The van der Waals surface area contributed by atoms with Gasteiger partial charge in [0.25, 0.3) is 0 Å². The maximum atomic E-state index is 3.57. The Hall–Kier alpha value is 1.13. The van der Waals surface area contributed by atoms with Gasteiger partial charge in [-0.3, -0.25) is 0 Å². The number of hydrogen-bond acceptors (Lipinski definition) is 1. The summed E-state index contributed by atoms with van der Waals surface area (Å²) in [5, 5.41) is 0. The van der Waals surface area contributed by atoms with Crippen LogP contribution in [0.4, 0.5) is 0 Å². The molecule has 0 atom stereocenters. The lowest BCUT2D eigenvalue weighted by molar-refractivity contribution is 2.16. The van der Waals surface area contributed by atoms with Crippen molar-refractivity contribution in [1.82, 2.24) is 0 Å². The van der Waals surface area contributed by atoms with Crippen molar-refractivity contribution in [3.63, 3.8) is 0 Å². The Kier molecular flexibility index (Phi) is 5.30. The average Bonchev–Trinajstić information content (AvgIpc) is 1.37. The summed E-state index contributed by atoms with van der Waals surface area (Å²) in [6.45, 7) is 0. The summed E-state index contributed by atoms with van der Waals surface area (Å²) in [5.74, 6) is 0. The van der Waals surface area contributed by atoms with E-state index in [1.165, 1.54) is 0 Å². The molecule has 0 saturated heterocycles. The van der Waals surface area contributed by atoms with Crippen LogP contribution in [0.15, 0.2) is 3.21 Å². The molecule has 0 aliphatic rings. The normalized spacial score (nSPS) is 9.50. The fraction of sp³-hybridized carbons (Fsp3) is 0. The monoisotopic (exact) mass is 281 g/mol. The van der Waals surface area contributed by atoms with Crippen LogP contribution in [0.1, 0.15) is 0 Å². The van der Waals surface area contributed by atoms with Gasteiger partial charge >= 0.3 is 0 Å². The summed E-state index contributed by atoms with van der Waals surface area (Å²) in [6.07, 6.45) is 0. The average molecular weight is 281 g/mol. The van der Waals surface area contributed by atoms with Crippen LogP contribution in [0.25, 0.3) is 0 Å². The van der Waals surface area contributed by atoms with Gasteiger partial charge in [0.15, 0.2) is 0 Å². The molecule has 0 amide bonds. The molecule has 0 aromatic rings. The predicted octanol–water partition coefficient (Wildman–Crippen LogP) is 1.80. The maximum Gasteiger partial charge on any atom is 0.0836 e. The van der Waals surface area contributed by atoms with Crippen LogP contribution in [-0.4, -0.2) is 4.22 Å². The molecule has 24 valence electrons. The van der Waals surface area contributed by atoms with Crippen LogP contribution in [0.3, 0.4) is 0 Å². The highest BCUT2D eigenvalue weighted by molar-refractivity contribution is 14.1. The zero-order chi connectivity index (χ0) is 3.41. The largest absolute Gasteiger partial charge is 0.217 e. The third-order valence-electron chi connectivity index (χ3n) is 0.0369. The minimum atomic E-state index is 1.71. The lowest BCUT2D eigenvalue weighted by Crippen LogP contribution is -1.26. The third kappa shape index (κ3) is 3.13. The molecule has 1 nitrogen and oxygen atoms in total. The van der Waals surface area contributed by atoms with E-state index in [1.807, 2.05) is 22.9 Å². The SMILES string of the molecule is I/C=N/I. The molecule has 0 N–H and O–H groups in total. The van der Waals surface area contributed by atoms with Gasteiger partial charge in [0.1, 0.15) is 0 Å². The molecule has 3 heteroatoms. The lowest BCUT2D eigenvalue weighted by Gasteiger charge is -1.46. The first kappa shape index (κ1) is 5.13. The fourth-order valence-corrected chi connectivity index (χ4v) is 0. The Bertz CT molecular complexity index is 21.2. The third-order valence-corrected chi connectivity index (χ3v) is 1.66. The minimum absolute atomic E-state index is 1.71. The van der Waals surface area contributed by atoms with E-state index < -0.39 is 0 Å². The zero-order valence-electron chi connectivity index (χ0n) is 1.78. The fourth-order valence-electron chi connectivity index (χ4n) is 0. The molecule has 0 aliphatic heterocycles. The first-order valence-corrected chi connectivity index (χ1v) is 2.86. The molecule has 0 unspecified atom stereocenters. The van der Waals surface area contributed by atoms with Gasteiger partial charge in [-0.25, -0.2) is 3.21 Å². The summed E-state index contributed by atoms with van der Waals surface area (Å²) in [7, 11) is 0. The first-order chi connectivity index (χ1) is 1.91. The predicted molar refractivity (Wildman–Crippen MR) is 36.5 cm³/mol. The Balaban J connectivity index is 2.55. The second kappa shape index (κ2) is 4.13. The highest BCUT2D eigenvalue weighted by Crippen LogP contribution is 1.80. The quantitative estimate of drug-likeness (QED) is 0.474. The van der Waals surface area contributed by atoms with E-state index in [9.17, 15) is 0 Å². The van der Waals surface area contributed by atoms with E-state index in [2.05, 4.69) is 25.8 Å². The van der Waals surface area contributed by atoms with Crippen molar-refractivity contribution < 1.29 is 0 Å². The molecule has 0 heterocycles. The van der Waals surface area contributed by atoms with Gasteiger partial charge in [0.2, 0.25) is 0 Å². The van der Waals surface area contributed by atoms with Crippen molar-refractivity contribution in [1.29, 1.82) is 0 Å². The standard InChI is InChI=1S/CHI2N/c2-1-4-3/h1H/b4-1+. The summed E-state index contributed by atoms with van der Waals surface area (Å²) in [4.78, 5) is 0. The number of nitrogens with zero attached hydrogens (tertiary/aromatic N) is 1. The summed E-state index contributed by atoms with van der Waals surface area (Å²) in [6, 6.07) is 0. The van der Waals surface area contributed by atoms with Crippen LogP contribution < -0.4 is 0 Å². The smallest absolute Gasteiger partial charge is 0.0836 e. The molecule has 0 fully saturated rings. The van der Waals surface area contributed by atoms with Crippen LogP contribution in [0.2, 0.25) is 0 Å². The lowest BCUT2D eigenvalue weighted by atomic mass is 11.8. The number of halogens is 2. The molecule has 0 radical (unpaired) electrons. The Morgan fingerprint density at radius 1 is 1.75 bits per heavy atom. The van der Waals surface area contributed by atoms with Gasteiger partial charge in [-0.2, -0.15) is 0 Å². The molecular weight excluding hydrogens is 280 g/mol. The van der Waals surface area contributed by atoms with Gasteiger partial charge in [-0.15, -0.1) is 0 Å². The molecule has 0 aromatic carbocycles. The molecule has 0 aromatic heterocycles. The minimum Gasteiger partial charge on any atom is -0.217 e. The summed E-state index contributed by atoms with van der Waals surface area (Å²) >= 11 is 3.97. The molecule has 4 heavy (non-hydrogen) atoms. The number of hydrogen-bond donors (Lipinski definition) is 0. The highest BCUT2D eigenvalue weighted by atomic mass is 127. The highest BCUT2D eigenvalue weighted by Gasteiger charge is 1.38. The van der Waals surface area contributed by atoms with Crippen LogP contribution in [-0.2, 0) is 0 Å². The number of rotatable bonds is 0. The van der Waals surface area contributed by atoms with E-state index in [4.69, 9.17) is 0 Å².